The highest BCUT2D eigenvalue weighted by Crippen LogP contribution is 2.32. The fourth-order valence-electron chi connectivity index (χ4n) is 3.33. The van der Waals surface area contributed by atoms with Crippen molar-refractivity contribution in [1.29, 1.82) is 0 Å². The summed E-state index contributed by atoms with van der Waals surface area (Å²) in [7, 11) is 1.19. The lowest BCUT2D eigenvalue weighted by molar-refractivity contribution is -0.148. The van der Waals surface area contributed by atoms with E-state index in [1.165, 1.54) is 25.3 Å². The van der Waals surface area contributed by atoms with Gasteiger partial charge in [0.25, 0.3) is 0 Å². The Balaban J connectivity index is 3.22. The van der Waals surface area contributed by atoms with Gasteiger partial charge in [-0.25, -0.2) is 14.4 Å². The fourth-order valence-corrected chi connectivity index (χ4v) is 3.33. The van der Waals surface area contributed by atoms with Crippen LogP contribution >= 0.6 is 0 Å². The molecule has 12 nitrogen and oxygen atoms in total. The summed E-state index contributed by atoms with van der Waals surface area (Å²) in [6.45, 7) is 12.6. The van der Waals surface area contributed by atoms with Crippen LogP contribution in [0.3, 0.4) is 0 Å². The zero-order valence-corrected chi connectivity index (χ0v) is 24.6. The summed E-state index contributed by atoms with van der Waals surface area (Å²) < 4.78 is 36.1. The zero-order chi connectivity index (χ0) is 30.5. The van der Waals surface area contributed by atoms with Crippen molar-refractivity contribution in [2.45, 2.75) is 98.0 Å². The highest BCUT2D eigenvalue weighted by Gasteiger charge is 2.38. The highest BCUT2D eigenvalue weighted by molar-refractivity contribution is 5.81. The molecule has 40 heavy (non-hydrogen) atoms. The maximum Gasteiger partial charge on any atom is 0.514 e. The SMILES string of the molecule is CCC(C)OC(=O)Oc1cc(CC(N)(C[C@H](C)OC(=O)OCC(C)C)C(=O)OC)ccc1OC(=O)O[C@@H](C)CC. The minimum absolute atomic E-state index is 0.108. The number of ether oxygens (including phenoxy) is 7. The third-order valence-electron chi connectivity index (χ3n) is 5.73. The van der Waals surface area contributed by atoms with Gasteiger partial charge < -0.3 is 38.9 Å². The predicted molar refractivity (Wildman–Crippen MR) is 144 cm³/mol. The minimum atomic E-state index is -1.64. The van der Waals surface area contributed by atoms with Gasteiger partial charge in [0.1, 0.15) is 23.9 Å². The van der Waals surface area contributed by atoms with Crippen LogP contribution in [-0.4, -0.2) is 62.0 Å². The quantitative estimate of drug-likeness (QED) is 0.175. The number of esters is 1. The first kappa shape index (κ1) is 34.5. The van der Waals surface area contributed by atoms with E-state index >= 15 is 0 Å². The van der Waals surface area contributed by atoms with Crippen LogP contribution in [0, 0.1) is 5.92 Å². The molecule has 2 unspecified atom stereocenters. The largest absolute Gasteiger partial charge is 0.514 e. The lowest BCUT2D eigenvalue weighted by atomic mass is 9.86. The standard InChI is InChI=1S/C28H43NO11/c1-9-18(5)36-26(32)39-22-12-11-21(13-23(22)40-27(33)37-19(6)10-2)15-28(29,24(30)34-8)14-20(7)38-25(31)35-16-17(3)4/h11-13,17-20H,9-10,14-16,29H2,1-8H3/t18-,19?,20-,28?/m0/s1. The van der Waals surface area contributed by atoms with E-state index < -0.39 is 48.3 Å². The Bertz CT molecular complexity index is 996. The van der Waals surface area contributed by atoms with Crippen molar-refractivity contribution < 1.29 is 52.3 Å². The van der Waals surface area contributed by atoms with E-state index in [-0.39, 0.29) is 36.9 Å². The topological polar surface area (TPSA) is 159 Å². The Hall–Kier alpha value is -3.54. The molecule has 226 valence electrons. The van der Waals surface area contributed by atoms with E-state index in [1.807, 2.05) is 27.7 Å². The van der Waals surface area contributed by atoms with Gasteiger partial charge in [0.05, 0.1) is 13.7 Å². The van der Waals surface area contributed by atoms with Gasteiger partial charge in [-0.3, -0.25) is 4.79 Å². The van der Waals surface area contributed by atoms with E-state index in [0.29, 0.717) is 18.4 Å². The molecule has 4 atom stereocenters. The summed E-state index contributed by atoms with van der Waals surface area (Å²) in [5.74, 6) is -0.895. The first-order chi connectivity index (χ1) is 18.7. The van der Waals surface area contributed by atoms with Crippen LogP contribution in [0.5, 0.6) is 11.5 Å². The molecule has 0 aliphatic heterocycles. The molecule has 2 N–H and O–H groups in total. The second-order valence-electron chi connectivity index (χ2n) is 10.1. The van der Waals surface area contributed by atoms with E-state index in [0.717, 1.165) is 0 Å². The van der Waals surface area contributed by atoms with Gasteiger partial charge >= 0.3 is 24.4 Å². The normalized spacial score (nSPS) is 14.7. The number of methoxy groups -OCH3 is 1. The number of carbonyl (C=O) groups excluding carboxylic acids is 4. The Morgan fingerprint density at radius 3 is 1.82 bits per heavy atom. The van der Waals surface area contributed by atoms with E-state index in [4.69, 9.17) is 38.9 Å². The lowest BCUT2D eigenvalue weighted by Crippen LogP contribution is -2.53. The molecular weight excluding hydrogens is 526 g/mol. The molecule has 0 aliphatic rings. The molecule has 0 aromatic heterocycles. The van der Waals surface area contributed by atoms with Gasteiger partial charge in [-0.2, -0.15) is 0 Å². The third-order valence-corrected chi connectivity index (χ3v) is 5.73. The second kappa shape index (κ2) is 16.5. The van der Waals surface area contributed by atoms with Gasteiger partial charge in [0.2, 0.25) is 0 Å². The van der Waals surface area contributed by atoms with E-state index in [1.54, 1.807) is 20.8 Å². The number of hydrogen-bond acceptors (Lipinski definition) is 12. The number of carbonyl (C=O) groups is 4. The Kier molecular flexibility index (Phi) is 14.3. The molecule has 1 rings (SSSR count). The first-order valence-electron chi connectivity index (χ1n) is 13.3. The smallest absolute Gasteiger partial charge is 0.468 e. The Morgan fingerprint density at radius 1 is 0.800 bits per heavy atom. The fraction of sp³-hybridized carbons (Fsp3) is 0.643. The van der Waals surface area contributed by atoms with Crippen LogP contribution in [0.25, 0.3) is 0 Å². The van der Waals surface area contributed by atoms with E-state index in [9.17, 15) is 19.2 Å². The van der Waals surface area contributed by atoms with Crippen LogP contribution in [0.2, 0.25) is 0 Å². The van der Waals surface area contributed by atoms with Crippen LogP contribution in [0.15, 0.2) is 18.2 Å². The van der Waals surface area contributed by atoms with Crippen LogP contribution in [0.4, 0.5) is 14.4 Å². The van der Waals surface area contributed by atoms with Gasteiger partial charge in [0.15, 0.2) is 11.5 Å². The molecule has 0 amide bonds. The van der Waals surface area contributed by atoms with Crippen molar-refractivity contribution in [3.8, 4) is 11.5 Å². The molecule has 0 bridgehead atoms. The van der Waals surface area contributed by atoms with Gasteiger partial charge in [-0.15, -0.1) is 0 Å². The number of hydrogen-bond donors (Lipinski definition) is 1. The average Bonchev–Trinajstić information content (AvgIpc) is 2.87. The summed E-state index contributed by atoms with van der Waals surface area (Å²) in [6, 6.07) is 4.29. The van der Waals surface area contributed by atoms with Crippen molar-refractivity contribution in [2.24, 2.45) is 11.7 Å². The van der Waals surface area contributed by atoms with Crippen molar-refractivity contribution in [1.82, 2.24) is 0 Å². The Labute approximate surface area is 235 Å². The number of nitrogens with two attached hydrogens (primary N) is 1. The summed E-state index contributed by atoms with van der Waals surface area (Å²) in [4.78, 5) is 49.3. The van der Waals surface area contributed by atoms with E-state index in [2.05, 4.69) is 0 Å². The van der Waals surface area contributed by atoms with Crippen LogP contribution in [-0.2, 0) is 34.9 Å². The molecule has 0 saturated heterocycles. The Morgan fingerprint density at radius 2 is 1.32 bits per heavy atom. The summed E-state index contributed by atoms with van der Waals surface area (Å²) in [5.41, 5.74) is 5.25. The highest BCUT2D eigenvalue weighted by atomic mass is 16.8. The predicted octanol–water partition coefficient (Wildman–Crippen LogP) is 5.32. The maximum absolute atomic E-state index is 12.7. The van der Waals surface area contributed by atoms with Gasteiger partial charge in [0, 0.05) is 12.8 Å². The third kappa shape index (κ3) is 12.1. The van der Waals surface area contributed by atoms with Crippen LogP contribution in [0.1, 0.15) is 73.3 Å². The van der Waals surface area contributed by atoms with Crippen molar-refractivity contribution in [3.63, 3.8) is 0 Å². The monoisotopic (exact) mass is 569 g/mol. The van der Waals surface area contributed by atoms with Crippen LogP contribution < -0.4 is 15.2 Å². The summed E-state index contributed by atoms with van der Waals surface area (Å²) >= 11 is 0. The molecule has 0 fully saturated rings. The van der Waals surface area contributed by atoms with Crippen molar-refractivity contribution in [3.05, 3.63) is 23.8 Å². The molecule has 1 aromatic rings. The first-order valence-corrected chi connectivity index (χ1v) is 13.3. The summed E-state index contributed by atoms with van der Waals surface area (Å²) in [6.07, 6.45) is -3.58. The lowest BCUT2D eigenvalue weighted by Gasteiger charge is -2.29. The molecular formula is C28H43NO11. The zero-order valence-electron chi connectivity index (χ0n) is 24.6. The average molecular weight is 570 g/mol. The van der Waals surface area contributed by atoms with Crippen molar-refractivity contribution in [2.75, 3.05) is 13.7 Å². The minimum Gasteiger partial charge on any atom is -0.468 e. The molecule has 0 aliphatic carbocycles. The summed E-state index contributed by atoms with van der Waals surface area (Å²) in [5, 5.41) is 0. The molecule has 0 spiro atoms. The maximum atomic E-state index is 12.7. The second-order valence-corrected chi connectivity index (χ2v) is 10.1. The molecule has 0 radical (unpaired) electrons. The number of rotatable bonds is 14. The molecule has 0 saturated carbocycles. The molecule has 12 heteroatoms. The number of benzene rings is 1. The van der Waals surface area contributed by atoms with Gasteiger partial charge in [-0.05, 0) is 57.2 Å². The molecule has 1 aromatic carbocycles. The van der Waals surface area contributed by atoms with Gasteiger partial charge in [-0.1, -0.05) is 33.8 Å². The van der Waals surface area contributed by atoms with Crippen molar-refractivity contribution >= 4 is 24.4 Å². The molecule has 0 heterocycles.